The van der Waals surface area contributed by atoms with E-state index in [9.17, 15) is 13.2 Å². The first kappa shape index (κ1) is 17.9. The van der Waals surface area contributed by atoms with Gasteiger partial charge < -0.3 is 5.32 Å². The van der Waals surface area contributed by atoms with Crippen molar-refractivity contribution in [3.8, 4) is 0 Å². The third kappa shape index (κ3) is 4.78. The Labute approximate surface area is 144 Å². The van der Waals surface area contributed by atoms with E-state index in [0.29, 0.717) is 10.7 Å². The van der Waals surface area contributed by atoms with E-state index in [1.807, 2.05) is 0 Å². The van der Waals surface area contributed by atoms with Gasteiger partial charge in [-0.05, 0) is 41.6 Å². The van der Waals surface area contributed by atoms with Gasteiger partial charge in [-0.3, -0.25) is 4.79 Å². The molecule has 0 spiro atoms. The number of hydrogen-bond donors (Lipinski definition) is 2. The Morgan fingerprint density at radius 3 is 2.35 bits per heavy atom. The maximum Gasteiger partial charge on any atom is 0.250 e. The topological polar surface area (TPSA) is 75.3 Å². The molecule has 23 heavy (non-hydrogen) atoms. The molecule has 1 amide bonds. The molecule has 0 bridgehead atoms. The van der Waals surface area contributed by atoms with E-state index >= 15 is 0 Å². The van der Waals surface area contributed by atoms with E-state index in [0.717, 1.165) is 11.3 Å². The molecular formula is C15H17ClN2O3S2. The first-order valence-corrected chi connectivity index (χ1v) is 9.66. The largest absolute Gasteiger partial charge is 0.325 e. The van der Waals surface area contributed by atoms with Crippen molar-refractivity contribution in [2.75, 3.05) is 5.32 Å². The van der Waals surface area contributed by atoms with Crippen LogP contribution in [-0.2, 0) is 14.8 Å². The van der Waals surface area contributed by atoms with Crippen molar-refractivity contribution in [1.29, 1.82) is 0 Å². The maximum absolute atomic E-state index is 12.4. The molecule has 8 heteroatoms. The maximum atomic E-state index is 12.4. The van der Waals surface area contributed by atoms with Crippen LogP contribution in [0.3, 0.4) is 0 Å². The molecular weight excluding hydrogens is 356 g/mol. The van der Waals surface area contributed by atoms with Crippen molar-refractivity contribution in [3.63, 3.8) is 0 Å². The van der Waals surface area contributed by atoms with E-state index in [-0.39, 0.29) is 10.1 Å². The molecule has 124 valence electrons. The number of benzene rings is 1. The minimum absolute atomic E-state index is 0.183. The zero-order valence-electron chi connectivity index (χ0n) is 12.6. The zero-order valence-corrected chi connectivity index (χ0v) is 15.0. The first-order valence-electron chi connectivity index (χ1n) is 6.92. The number of thiophene rings is 1. The summed E-state index contributed by atoms with van der Waals surface area (Å²) in [5.74, 6) is -0.625. The van der Waals surface area contributed by atoms with Gasteiger partial charge in [-0.25, -0.2) is 8.42 Å². The fraction of sp³-hybridized carbons (Fsp3) is 0.267. The molecule has 0 aliphatic rings. The lowest BCUT2D eigenvalue weighted by molar-refractivity contribution is -0.118. The van der Waals surface area contributed by atoms with Gasteiger partial charge in [-0.15, -0.1) is 11.3 Å². The van der Waals surface area contributed by atoms with Crippen LogP contribution >= 0.6 is 22.9 Å². The zero-order chi connectivity index (χ0) is 17.0. The lowest BCUT2D eigenvalue weighted by atomic mass is 10.0. The minimum Gasteiger partial charge on any atom is -0.325 e. The molecule has 5 nitrogen and oxygen atoms in total. The molecule has 2 aromatic rings. The van der Waals surface area contributed by atoms with Gasteiger partial charge in [-0.2, -0.15) is 4.72 Å². The molecule has 1 aromatic carbocycles. The summed E-state index contributed by atoms with van der Waals surface area (Å²) in [7, 11) is -3.72. The Bertz CT molecular complexity index is 757. The Kier molecular flexibility index (Phi) is 5.80. The molecule has 0 aliphatic heterocycles. The van der Waals surface area contributed by atoms with Crippen molar-refractivity contribution >= 4 is 44.6 Å². The molecule has 2 rings (SSSR count). The molecule has 0 unspecified atom stereocenters. The summed E-state index contributed by atoms with van der Waals surface area (Å²) in [6, 6.07) is 8.89. The van der Waals surface area contributed by atoms with Crippen molar-refractivity contribution in [2.45, 2.75) is 24.1 Å². The summed E-state index contributed by atoms with van der Waals surface area (Å²) in [6.45, 7) is 3.56. The third-order valence-corrected chi connectivity index (χ3v) is 6.19. The van der Waals surface area contributed by atoms with Gasteiger partial charge in [0.05, 0.1) is 0 Å². The third-order valence-electron chi connectivity index (χ3n) is 3.10. The fourth-order valence-electron chi connectivity index (χ4n) is 1.89. The van der Waals surface area contributed by atoms with Crippen LogP contribution in [0.5, 0.6) is 0 Å². The normalized spacial score (nSPS) is 13.0. The molecule has 0 saturated heterocycles. The first-order chi connectivity index (χ1) is 10.8. The second kappa shape index (κ2) is 7.44. The number of hydrogen-bond acceptors (Lipinski definition) is 4. The Balaban J connectivity index is 2.15. The highest BCUT2D eigenvalue weighted by atomic mass is 35.5. The number of sulfonamides is 1. The predicted molar refractivity (Wildman–Crippen MR) is 93.3 cm³/mol. The molecule has 1 aromatic heterocycles. The van der Waals surface area contributed by atoms with Gasteiger partial charge in [0, 0.05) is 10.7 Å². The Morgan fingerprint density at radius 1 is 1.17 bits per heavy atom. The predicted octanol–water partition coefficient (Wildman–Crippen LogP) is 3.34. The fourth-order valence-corrected chi connectivity index (χ4v) is 4.37. The van der Waals surface area contributed by atoms with Crippen LogP contribution in [0.4, 0.5) is 5.69 Å². The van der Waals surface area contributed by atoms with E-state index in [1.165, 1.54) is 6.07 Å². The monoisotopic (exact) mass is 372 g/mol. The molecule has 0 aliphatic carbocycles. The number of nitrogens with one attached hydrogen (secondary N) is 2. The van der Waals surface area contributed by atoms with Crippen molar-refractivity contribution in [1.82, 2.24) is 4.72 Å². The van der Waals surface area contributed by atoms with Crippen LogP contribution in [0.15, 0.2) is 46.0 Å². The van der Waals surface area contributed by atoms with Crippen LogP contribution in [-0.4, -0.2) is 20.4 Å². The average Bonchev–Trinajstić information content (AvgIpc) is 3.02. The van der Waals surface area contributed by atoms with Gasteiger partial charge in [0.15, 0.2) is 0 Å². The highest BCUT2D eigenvalue weighted by Crippen LogP contribution is 2.18. The lowest BCUT2D eigenvalue weighted by Crippen LogP contribution is -2.46. The lowest BCUT2D eigenvalue weighted by Gasteiger charge is -2.21. The second-order valence-corrected chi connectivity index (χ2v) is 8.60. The minimum atomic E-state index is -3.72. The number of carbonyl (C=O) groups is 1. The van der Waals surface area contributed by atoms with Crippen molar-refractivity contribution in [3.05, 3.63) is 46.8 Å². The Morgan fingerprint density at radius 2 is 1.83 bits per heavy atom. The van der Waals surface area contributed by atoms with E-state index in [4.69, 9.17) is 11.6 Å². The highest BCUT2D eigenvalue weighted by Gasteiger charge is 2.28. The average molecular weight is 373 g/mol. The summed E-state index contributed by atoms with van der Waals surface area (Å²) < 4.78 is 27.3. The van der Waals surface area contributed by atoms with Crippen LogP contribution in [0.2, 0.25) is 5.02 Å². The summed E-state index contributed by atoms with van der Waals surface area (Å²) in [5, 5.41) is 4.93. The number of rotatable bonds is 6. The van der Waals surface area contributed by atoms with E-state index in [1.54, 1.807) is 49.6 Å². The molecule has 1 heterocycles. The molecule has 0 fully saturated rings. The standard InChI is InChI=1S/C15H17ClN2O3S2/c1-10(2)14(18-23(20,21)13-4-3-9-22-13)15(19)17-12-7-5-11(16)6-8-12/h3-10,14,18H,1-2H3,(H,17,19)/t14-/m1/s1. The van der Waals surface area contributed by atoms with Crippen LogP contribution < -0.4 is 10.0 Å². The quantitative estimate of drug-likeness (QED) is 0.816. The van der Waals surface area contributed by atoms with Crippen molar-refractivity contribution < 1.29 is 13.2 Å². The van der Waals surface area contributed by atoms with Gasteiger partial charge in [0.1, 0.15) is 10.3 Å². The number of halogens is 1. The SMILES string of the molecule is CC(C)[C@@H](NS(=O)(=O)c1cccs1)C(=O)Nc1ccc(Cl)cc1. The van der Waals surface area contributed by atoms with E-state index in [2.05, 4.69) is 10.0 Å². The second-order valence-electron chi connectivity index (χ2n) is 5.27. The summed E-state index contributed by atoms with van der Waals surface area (Å²) in [4.78, 5) is 12.4. The number of amides is 1. The van der Waals surface area contributed by atoms with Gasteiger partial charge in [-0.1, -0.05) is 31.5 Å². The van der Waals surface area contributed by atoms with Gasteiger partial charge >= 0.3 is 0 Å². The van der Waals surface area contributed by atoms with Crippen LogP contribution in [0.25, 0.3) is 0 Å². The van der Waals surface area contributed by atoms with Gasteiger partial charge in [0.2, 0.25) is 5.91 Å². The molecule has 2 N–H and O–H groups in total. The Hall–Kier alpha value is -1.41. The van der Waals surface area contributed by atoms with Crippen LogP contribution in [0, 0.1) is 5.92 Å². The van der Waals surface area contributed by atoms with E-state index < -0.39 is 22.0 Å². The smallest absolute Gasteiger partial charge is 0.250 e. The molecule has 0 radical (unpaired) electrons. The summed E-state index contributed by atoms with van der Waals surface area (Å²) in [5.41, 5.74) is 0.556. The van der Waals surface area contributed by atoms with Gasteiger partial charge in [0.25, 0.3) is 10.0 Å². The summed E-state index contributed by atoms with van der Waals surface area (Å²) in [6.07, 6.45) is 0. The summed E-state index contributed by atoms with van der Waals surface area (Å²) >= 11 is 6.91. The number of carbonyl (C=O) groups excluding carboxylic acids is 1. The number of anilines is 1. The van der Waals surface area contributed by atoms with Crippen LogP contribution in [0.1, 0.15) is 13.8 Å². The van der Waals surface area contributed by atoms with Crippen molar-refractivity contribution in [2.24, 2.45) is 5.92 Å². The molecule has 0 saturated carbocycles. The highest BCUT2D eigenvalue weighted by molar-refractivity contribution is 7.91. The molecule has 1 atom stereocenters.